The molecule has 0 radical (unpaired) electrons. The van der Waals surface area contributed by atoms with Crippen LogP contribution in [0.5, 0.6) is 0 Å². The molecule has 0 aliphatic carbocycles. The number of carbonyl (C=O) groups excluding carboxylic acids is 3. The van der Waals surface area contributed by atoms with Crippen LogP contribution in [0.3, 0.4) is 0 Å². The number of carbonyl (C=O) groups is 3. The molecule has 31 heavy (non-hydrogen) atoms. The number of rotatable bonds is 10. The first-order chi connectivity index (χ1) is 14.8. The van der Waals surface area contributed by atoms with Crippen LogP contribution in [0.25, 0.3) is 0 Å². The van der Waals surface area contributed by atoms with Crippen molar-refractivity contribution in [3.63, 3.8) is 0 Å². The monoisotopic (exact) mass is 434 g/mol. The SMILES string of the molecule is C#C.CC.CC.CCNC(=O)[C@H](CCC(N)=O)NC(=O)[C@@H](N)CCc1cccc(C)c1. The van der Waals surface area contributed by atoms with E-state index < -0.39 is 23.9 Å². The van der Waals surface area contributed by atoms with Crippen LogP contribution in [0.15, 0.2) is 24.3 Å². The number of terminal acetylenes is 1. The first-order valence-electron chi connectivity index (χ1n) is 10.8. The normalized spacial score (nSPS) is 10.9. The van der Waals surface area contributed by atoms with Gasteiger partial charge >= 0.3 is 0 Å². The average molecular weight is 435 g/mol. The van der Waals surface area contributed by atoms with Crippen LogP contribution >= 0.6 is 0 Å². The van der Waals surface area contributed by atoms with Gasteiger partial charge < -0.3 is 22.1 Å². The predicted molar refractivity (Wildman–Crippen MR) is 129 cm³/mol. The number of nitrogens with two attached hydrogens (primary N) is 2. The zero-order chi connectivity index (χ0) is 24.8. The van der Waals surface area contributed by atoms with Gasteiger partial charge in [0.05, 0.1) is 6.04 Å². The number of amides is 3. The van der Waals surface area contributed by atoms with Crippen molar-refractivity contribution >= 4 is 17.7 Å². The predicted octanol–water partition coefficient (Wildman–Crippen LogP) is 2.44. The number of benzene rings is 1. The van der Waals surface area contributed by atoms with Gasteiger partial charge in [-0.15, -0.1) is 12.8 Å². The Kier molecular flexibility index (Phi) is 23.1. The van der Waals surface area contributed by atoms with Gasteiger partial charge in [0.2, 0.25) is 17.7 Å². The van der Waals surface area contributed by atoms with Crippen molar-refractivity contribution in [3.8, 4) is 12.8 Å². The molecule has 0 aromatic heterocycles. The highest BCUT2D eigenvalue weighted by atomic mass is 16.2. The molecular weight excluding hydrogens is 392 g/mol. The highest BCUT2D eigenvalue weighted by Crippen LogP contribution is 2.08. The van der Waals surface area contributed by atoms with Gasteiger partial charge in [-0.3, -0.25) is 14.4 Å². The fraction of sp³-hybridized carbons (Fsp3) is 0.542. The standard InChI is InChI=1S/C18H28N4O3.2C2H6.C2H2/c1-3-21-18(25)15(9-10-16(20)23)22-17(24)14(19)8-7-13-6-4-5-12(2)11-13;3*1-2/h4-6,11,14-15H,3,7-10,19H2,1-2H3,(H2,20,23)(H,21,25)(H,22,24);2*1-2H3;1-2H/t14-,15-;;;/m0.../s1. The summed E-state index contributed by atoms with van der Waals surface area (Å²) in [6, 6.07) is 6.46. The molecule has 0 unspecified atom stereocenters. The van der Waals surface area contributed by atoms with E-state index in [0.717, 1.165) is 11.1 Å². The van der Waals surface area contributed by atoms with Gasteiger partial charge in [-0.25, -0.2) is 0 Å². The molecule has 0 aliphatic heterocycles. The fourth-order valence-corrected chi connectivity index (χ4v) is 2.45. The molecule has 0 fully saturated rings. The highest BCUT2D eigenvalue weighted by Gasteiger charge is 2.23. The second-order valence-electron chi connectivity index (χ2n) is 6.09. The summed E-state index contributed by atoms with van der Waals surface area (Å²) in [5.41, 5.74) is 13.3. The van der Waals surface area contributed by atoms with Crippen molar-refractivity contribution in [2.75, 3.05) is 6.54 Å². The van der Waals surface area contributed by atoms with E-state index in [1.165, 1.54) is 0 Å². The summed E-state index contributed by atoms with van der Waals surface area (Å²) >= 11 is 0. The molecule has 1 rings (SSSR count). The van der Waals surface area contributed by atoms with Crippen LogP contribution in [0.2, 0.25) is 0 Å². The molecule has 7 heteroatoms. The van der Waals surface area contributed by atoms with E-state index >= 15 is 0 Å². The molecule has 1 aromatic carbocycles. The van der Waals surface area contributed by atoms with E-state index in [2.05, 4.69) is 29.5 Å². The van der Waals surface area contributed by atoms with Crippen LogP contribution in [-0.4, -0.2) is 36.3 Å². The number of hydrogen-bond donors (Lipinski definition) is 4. The van der Waals surface area contributed by atoms with Crippen LogP contribution in [0, 0.1) is 19.8 Å². The molecule has 7 nitrogen and oxygen atoms in total. The molecule has 0 saturated heterocycles. The second-order valence-corrected chi connectivity index (χ2v) is 6.09. The Hall–Kier alpha value is -2.85. The van der Waals surface area contributed by atoms with Crippen molar-refractivity contribution in [2.45, 2.75) is 79.3 Å². The summed E-state index contributed by atoms with van der Waals surface area (Å²) in [6.45, 7) is 12.2. The number of aryl methyl sites for hydroxylation is 2. The van der Waals surface area contributed by atoms with Gasteiger partial charge in [-0.05, 0) is 38.7 Å². The topological polar surface area (TPSA) is 127 Å². The minimum Gasteiger partial charge on any atom is -0.370 e. The first kappa shape index (κ1) is 32.8. The first-order valence-corrected chi connectivity index (χ1v) is 10.8. The van der Waals surface area contributed by atoms with E-state index in [1.54, 1.807) is 6.92 Å². The van der Waals surface area contributed by atoms with Crippen molar-refractivity contribution in [3.05, 3.63) is 35.4 Å². The van der Waals surface area contributed by atoms with Gasteiger partial charge in [0.1, 0.15) is 6.04 Å². The third-order valence-corrected chi connectivity index (χ3v) is 3.83. The lowest BCUT2D eigenvalue weighted by Crippen LogP contribution is -2.51. The van der Waals surface area contributed by atoms with Gasteiger partial charge in [-0.2, -0.15) is 0 Å². The summed E-state index contributed by atoms with van der Waals surface area (Å²) in [7, 11) is 0. The van der Waals surface area contributed by atoms with Crippen LogP contribution in [0.4, 0.5) is 0 Å². The number of primary amides is 1. The van der Waals surface area contributed by atoms with Crippen molar-refractivity contribution in [1.29, 1.82) is 0 Å². The molecule has 0 saturated carbocycles. The third kappa shape index (κ3) is 16.6. The maximum Gasteiger partial charge on any atom is 0.242 e. The van der Waals surface area contributed by atoms with E-state index in [-0.39, 0.29) is 18.7 Å². The molecule has 1 aromatic rings. The Bertz CT molecular complexity index is 645. The number of hydrogen-bond acceptors (Lipinski definition) is 4. The number of nitrogens with one attached hydrogen (secondary N) is 2. The summed E-state index contributed by atoms with van der Waals surface area (Å²) in [6.07, 6.45) is 9.30. The van der Waals surface area contributed by atoms with Gasteiger partial charge in [0.15, 0.2) is 0 Å². The summed E-state index contributed by atoms with van der Waals surface area (Å²) in [5, 5.41) is 5.25. The van der Waals surface area contributed by atoms with Crippen LogP contribution in [-0.2, 0) is 20.8 Å². The summed E-state index contributed by atoms with van der Waals surface area (Å²) in [4.78, 5) is 35.2. The Balaban J connectivity index is -0.00000120. The van der Waals surface area contributed by atoms with Gasteiger partial charge in [-0.1, -0.05) is 57.5 Å². The quantitative estimate of drug-likeness (QED) is 0.422. The van der Waals surface area contributed by atoms with Gasteiger partial charge in [0, 0.05) is 13.0 Å². The molecule has 0 spiro atoms. The molecule has 3 amide bonds. The Morgan fingerprint density at radius 1 is 1.03 bits per heavy atom. The molecule has 2 atom stereocenters. The Labute approximate surface area is 188 Å². The minimum atomic E-state index is -0.815. The lowest BCUT2D eigenvalue weighted by atomic mass is 10.0. The van der Waals surface area contributed by atoms with E-state index in [9.17, 15) is 14.4 Å². The maximum atomic E-state index is 12.3. The van der Waals surface area contributed by atoms with Crippen LogP contribution < -0.4 is 22.1 Å². The fourth-order valence-electron chi connectivity index (χ4n) is 2.45. The Morgan fingerprint density at radius 2 is 1.61 bits per heavy atom. The zero-order valence-electron chi connectivity index (χ0n) is 20.0. The van der Waals surface area contributed by atoms with E-state index in [4.69, 9.17) is 11.5 Å². The van der Waals surface area contributed by atoms with Gasteiger partial charge in [0.25, 0.3) is 0 Å². The highest BCUT2D eigenvalue weighted by molar-refractivity contribution is 5.90. The third-order valence-electron chi connectivity index (χ3n) is 3.83. The molecule has 6 N–H and O–H groups in total. The van der Waals surface area contributed by atoms with Crippen molar-refractivity contribution < 1.29 is 14.4 Å². The molecule has 0 aliphatic rings. The molecule has 0 heterocycles. The lowest BCUT2D eigenvalue weighted by molar-refractivity contribution is -0.130. The zero-order valence-corrected chi connectivity index (χ0v) is 20.0. The van der Waals surface area contributed by atoms with Crippen molar-refractivity contribution in [2.24, 2.45) is 11.5 Å². The molecular formula is C24H42N4O3. The second kappa shape index (κ2) is 21.8. The number of likely N-dealkylation sites (N-methyl/N-ethyl adjacent to an activating group) is 1. The Morgan fingerprint density at radius 3 is 2.10 bits per heavy atom. The van der Waals surface area contributed by atoms with Crippen molar-refractivity contribution in [1.82, 2.24) is 10.6 Å². The van der Waals surface area contributed by atoms with E-state index in [0.29, 0.717) is 19.4 Å². The smallest absolute Gasteiger partial charge is 0.242 e. The summed E-state index contributed by atoms with van der Waals surface area (Å²) in [5.74, 6) is -1.27. The lowest BCUT2D eigenvalue weighted by Gasteiger charge is -2.20. The largest absolute Gasteiger partial charge is 0.370 e. The minimum absolute atomic E-state index is 0.0145. The van der Waals surface area contributed by atoms with E-state index in [1.807, 2.05) is 52.8 Å². The maximum absolute atomic E-state index is 12.3. The summed E-state index contributed by atoms with van der Waals surface area (Å²) < 4.78 is 0. The van der Waals surface area contributed by atoms with Crippen LogP contribution in [0.1, 0.15) is 65.0 Å². The molecule has 176 valence electrons. The molecule has 0 bridgehead atoms. The average Bonchev–Trinajstić information content (AvgIpc) is 2.79.